The van der Waals surface area contributed by atoms with E-state index in [0.29, 0.717) is 18.2 Å². The smallest absolute Gasteiger partial charge is 0.416 e. The Morgan fingerprint density at radius 1 is 0.933 bits per heavy atom. The Labute approximate surface area is 182 Å². The third kappa shape index (κ3) is 4.97. The lowest BCUT2D eigenvalue weighted by Crippen LogP contribution is -3.00. The Hall–Kier alpha value is -2.93. The summed E-state index contributed by atoms with van der Waals surface area (Å²) in [4.78, 5) is 4.37. The van der Waals surface area contributed by atoms with Crippen LogP contribution in [0.2, 0.25) is 0 Å². The van der Waals surface area contributed by atoms with E-state index < -0.39 is 11.7 Å². The normalized spacial score (nSPS) is 11.2. The highest BCUT2D eigenvalue weighted by molar-refractivity contribution is 5.60. The maximum absolute atomic E-state index is 12.7. The van der Waals surface area contributed by atoms with Gasteiger partial charge in [0.15, 0.2) is 24.7 Å². The van der Waals surface area contributed by atoms with Crippen molar-refractivity contribution in [1.29, 1.82) is 0 Å². The summed E-state index contributed by atoms with van der Waals surface area (Å²) in [6, 6.07) is 16.9. The predicted octanol–water partition coefficient (Wildman–Crippen LogP) is 2.68. The molecule has 0 fully saturated rings. The van der Waals surface area contributed by atoms with E-state index >= 15 is 0 Å². The molecule has 3 nitrogen and oxygen atoms in total. The average Bonchev–Trinajstić information content (AvgIpc) is 3.19. The van der Waals surface area contributed by atoms with Gasteiger partial charge in [0, 0.05) is 17.2 Å². The highest BCUT2D eigenvalue weighted by Gasteiger charge is 2.30. The molecular formula is C23H18BrF3N2O. The number of aromatic nitrogens is 2. The number of hydrogen-bond donors (Lipinski definition) is 0. The van der Waals surface area contributed by atoms with Gasteiger partial charge in [0.2, 0.25) is 5.89 Å². The summed E-state index contributed by atoms with van der Waals surface area (Å²) in [6.45, 7) is 2.46. The molecule has 0 atom stereocenters. The fourth-order valence-corrected chi connectivity index (χ4v) is 3.02. The van der Waals surface area contributed by atoms with E-state index in [0.717, 1.165) is 28.8 Å². The van der Waals surface area contributed by atoms with Crippen molar-refractivity contribution >= 4 is 0 Å². The molecule has 30 heavy (non-hydrogen) atoms. The first-order valence-corrected chi connectivity index (χ1v) is 9.07. The summed E-state index contributed by atoms with van der Waals surface area (Å²) >= 11 is 0. The van der Waals surface area contributed by atoms with Crippen LogP contribution in [0.15, 0.2) is 83.7 Å². The molecule has 0 spiro atoms. The minimum Gasteiger partial charge on any atom is -1.00 e. The standard InChI is InChI=1S/C23H18F3N2O.BrH/c1-16-4-8-18(9-5-16)21-13-27-22(29-21)19-3-2-12-28(15-19)14-17-6-10-20(11-7-17)23(24,25)26;/h2-13,15H,14H2,1H3;1H/q+1;/p-1. The number of hydrogen-bond acceptors (Lipinski definition) is 2. The van der Waals surface area contributed by atoms with Crippen LogP contribution in [0.5, 0.6) is 0 Å². The van der Waals surface area contributed by atoms with Crippen LogP contribution in [0.25, 0.3) is 22.8 Å². The zero-order chi connectivity index (χ0) is 20.4. The fraction of sp³-hybridized carbons (Fsp3) is 0.130. The van der Waals surface area contributed by atoms with Crippen LogP contribution >= 0.6 is 0 Å². The summed E-state index contributed by atoms with van der Waals surface area (Å²) in [7, 11) is 0. The van der Waals surface area contributed by atoms with Crippen molar-refractivity contribution in [1.82, 2.24) is 4.98 Å². The molecule has 4 rings (SSSR count). The third-order valence-corrected chi connectivity index (χ3v) is 4.59. The highest BCUT2D eigenvalue weighted by atomic mass is 79.9. The Morgan fingerprint density at radius 3 is 2.30 bits per heavy atom. The van der Waals surface area contributed by atoms with Crippen LogP contribution in [0.3, 0.4) is 0 Å². The van der Waals surface area contributed by atoms with E-state index in [4.69, 9.17) is 4.42 Å². The van der Waals surface area contributed by atoms with Gasteiger partial charge in [0.05, 0.1) is 11.8 Å². The van der Waals surface area contributed by atoms with Gasteiger partial charge in [-0.15, -0.1) is 0 Å². The molecule has 154 valence electrons. The number of nitrogens with zero attached hydrogens (tertiary/aromatic N) is 2. The van der Waals surface area contributed by atoms with Gasteiger partial charge in [-0.3, -0.25) is 0 Å². The lowest BCUT2D eigenvalue weighted by Gasteiger charge is -2.06. The first-order valence-electron chi connectivity index (χ1n) is 9.07. The monoisotopic (exact) mass is 474 g/mol. The molecule has 4 aromatic rings. The molecule has 0 aliphatic carbocycles. The van der Waals surface area contributed by atoms with E-state index in [-0.39, 0.29) is 17.0 Å². The van der Waals surface area contributed by atoms with Gasteiger partial charge in [-0.05, 0) is 25.1 Å². The second-order valence-corrected chi connectivity index (χ2v) is 6.86. The first kappa shape index (κ1) is 21.8. The van der Waals surface area contributed by atoms with Crippen molar-refractivity contribution in [2.24, 2.45) is 0 Å². The van der Waals surface area contributed by atoms with E-state index in [1.54, 1.807) is 6.20 Å². The minimum absolute atomic E-state index is 0. The molecule has 0 radical (unpaired) electrons. The Bertz CT molecular complexity index is 1120. The number of aryl methyl sites for hydroxylation is 1. The number of oxazole rings is 1. The molecule has 0 amide bonds. The number of pyridine rings is 1. The van der Waals surface area contributed by atoms with E-state index in [1.807, 2.05) is 60.3 Å². The Kier molecular flexibility index (Phi) is 6.41. The Morgan fingerprint density at radius 2 is 1.63 bits per heavy atom. The molecule has 0 saturated carbocycles. The molecule has 2 aromatic carbocycles. The summed E-state index contributed by atoms with van der Waals surface area (Å²) in [6.07, 6.45) is 1.08. The van der Waals surface area contributed by atoms with Crippen molar-refractivity contribution in [3.63, 3.8) is 0 Å². The molecule has 2 heterocycles. The van der Waals surface area contributed by atoms with E-state index in [2.05, 4.69) is 4.98 Å². The molecule has 0 N–H and O–H groups in total. The number of alkyl halides is 3. The lowest BCUT2D eigenvalue weighted by atomic mass is 10.1. The molecule has 0 bridgehead atoms. The van der Waals surface area contributed by atoms with Gasteiger partial charge < -0.3 is 21.4 Å². The van der Waals surface area contributed by atoms with Crippen LogP contribution in [-0.2, 0) is 12.7 Å². The summed E-state index contributed by atoms with van der Waals surface area (Å²) in [5, 5.41) is 0. The molecule has 0 aliphatic heterocycles. The van der Waals surface area contributed by atoms with Crippen LogP contribution in [-0.4, -0.2) is 4.98 Å². The third-order valence-electron chi connectivity index (χ3n) is 4.59. The summed E-state index contributed by atoms with van der Waals surface area (Å²) < 4.78 is 45.9. The molecule has 0 saturated heterocycles. The molecule has 2 aromatic heterocycles. The lowest BCUT2D eigenvalue weighted by molar-refractivity contribution is -0.687. The maximum atomic E-state index is 12.7. The van der Waals surface area contributed by atoms with Crippen molar-refractivity contribution in [3.8, 4) is 22.8 Å². The summed E-state index contributed by atoms with van der Waals surface area (Å²) in [5.41, 5.74) is 3.03. The van der Waals surface area contributed by atoms with Crippen molar-refractivity contribution in [3.05, 3.63) is 95.9 Å². The second-order valence-electron chi connectivity index (χ2n) is 6.86. The average molecular weight is 475 g/mol. The molecular weight excluding hydrogens is 457 g/mol. The number of benzene rings is 2. The quantitative estimate of drug-likeness (QED) is 0.425. The van der Waals surface area contributed by atoms with Gasteiger partial charge in [-0.1, -0.05) is 42.0 Å². The highest BCUT2D eigenvalue weighted by Crippen LogP contribution is 2.29. The molecule has 0 unspecified atom stereocenters. The SMILES string of the molecule is Cc1ccc(-c2cnc(-c3ccc[n+](Cc4ccc(C(F)(F)F)cc4)c3)o2)cc1.[Br-]. The molecule has 0 aliphatic rings. The Balaban J connectivity index is 0.00000256. The van der Waals surface area contributed by atoms with Gasteiger partial charge in [0.25, 0.3) is 0 Å². The largest absolute Gasteiger partial charge is 1.00 e. The van der Waals surface area contributed by atoms with Gasteiger partial charge in [0.1, 0.15) is 5.56 Å². The van der Waals surface area contributed by atoms with Crippen molar-refractivity contribution in [2.45, 2.75) is 19.6 Å². The number of rotatable bonds is 4. The van der Waals surface area contributed by atoms with Gasteiger partial charge in [-0.25, -0.2) is 4.98 Å². The molecule has 7 heteroatoms. The van der Waals surface area contributed by atoms with Crippen molar-refractivity contribution in [2.75, 3.05) is 0 Å². The topological polar surface area (TPSA) is 29.9 Å². The zero-order valence-corrected chi connectivity index (χ0v) is 17.6. The zero-order valence-electron chi connectivity index (χ0n) is 16.0. The van der Waals surface area contributed by atoms with E-state index in [9.17, 15) is 13.2 Å². The fourth-order valence-electron chi connectivity index (χ4n) is 3.02. The van der Waals surface area contributed by atoms with Crippen molar-refractivity contribution < 1.29 is 39.1 Å². The van der Waals surface area contributed by atoms with E-state index in [1.165, 1.54) is 17.7 Å². The van der Waals surface area contributed by atoms with Gasteiger partial charge in [-0.2, -0.15) is 17.7 Å². The van der Waals surface area contributed by atoms with Crippen LogP contribution in [0.4, 0.5) is 13.2 Å². The number of halogens is 4. The van der Waals surface area contributed by atoms with Crippen LogP contribution < -0.4 is 21.5 Å². The summed E-state index contributed by atoms with van der Waals surface area (Å²) in [5.74, 6) is 1.17. The minimum atomic E-state index is -4.33. The van der Waals surface area contributed by atoms with Crippen LogP contribution in [0.1, 0.15) is 16.7 Å². The maximum Gasteiger partial charge on any atom is 0.416 e. The first-order chi connectivity index (χ1) is 13.9. The predicted molar refractivity (Wildman–Crippen MR) is 103 cm³/mol. The van der Waals surface area contributed by atoms with Gasteiger partial charge >= 0.3 is 6.18 Å². The van der Waals surface area contributed by atoms with Crippen LogP contribution in [0, 0.1) is 6.92 Å². The second kappa shape index (κ2) is 8.83.